The fourth-order valence-corrected chi connectivity index (χ4v) is 5.30. The second kappa shape index (κ2) is 10.4. The van der Waals surface area contributed by atoms with Crippen molar-refractivity contribution in [3.8, 4) is 5.75 Å². The summed E-state index contributed by atoms with van der Waals surface area (Å²) in [6.45, 7) is 4.53. The molecule has 6 heteroatoms. The van der Waals surface area contributed by atoms with Crippen molar-refractivity contribution in [3.63, 3.8) is 0 Å². The van der Waals surface area contributed by atoms with Crippen molar-refractivity contribution in [2.75, 3.05) is 38.2 Å². The quantitative estimate of drug-likeness (QED) is 0.363. The normalized spacial score (nSPS) is 14.8. The van der Waals surface area contributed by atoms with Gasteiger partial charge in [-0.05, 0) is 47.4 Å². The average molecular weight is 486 g/mol. The highest BCUT2D eigenvalue weighted by molar-refractivity contribution is 5.88. The molecule has 1 saturated heterocycles. The highest BCUT2D eigenvalue weighted by Crippen LogP contribution is 2.36. The fraction of sp³-hybridized carbons (Fsp3) is 0.300. The number of carbonyl (C=O) groups is 1. The maximum Gasteiger partial charge on any atom is 0.223 e. The van der Waals surface area contributed by atoms with Crippen molar-refractivity contribution in [1.82, 2.24) is 9.88 Å². The lowest BCUT2D eigenvalue weighted by molar-refractivity contribution is -0.131. The minimum Gasteiger partial charge on any atom is -0.497 e. The Morgan fingerprint density at radius 2 is 1.81 bits per heavy atom. The number of amides is 1. The number of aromatic amines is 1. The Balaban J connectivity index is 1.40. The Labute approximate surface area is 211 Å². The smallest absolute Gasteiger partial charge is 0.223 e. The maximum atomic E-state index is 14.3. The zero-order chi connectivity index (χ0) is 25.1. The highest BCUT2D eigenvalue weighted by atomic mass is 19.1. The summed E-state index contributed by atoms with van der Waals surface area (Å²) in [4.78, 5) is 21.0. The van der Waals surface area contributed by atoms with Crippen LogP contribution in [0.2, 0.25) is 0 Å². The van der Waals surface area contributed by atoms with Gasteiger partial charge < -0.3 is 19.5 Å². The number of ether oxygens (including phenoxy) is 1. The van der Waals surface area contributed by atoms with Crippen molar-refractivity contribution < 1.29 is 13.9 Å². The van der Waals surface area contributed by atoms with Crippen LogP contribution in [0.15, 0.2) is 72.9 Å². The first-order chi connectivity index (χ1) is 17.6. The predicted molar refractivity (Wildman–Crippen MR) is 142 cm³/mol. The molecule has 1 aromatic heterocycles. The molecule has 1 fully saturated rings. The third kappa shape index (κ3) is 4.68. The zero-order valence-electron chi connectivity index (χ0n) is 20.8. The number of rotatable bonds is 7. The minimum absolute atomic E-state index is 0.108. The van der Waals surface area contributed by atoms with Gasteiger partial charge in [-0.15, -0.1) is 0 Å². The van der Waals surface area contributed by atoms with Gasteiger partial charge in [-0.25, -0.2) is 4.39 Å². The number of nitrogens with one attached hydrogen (secondary N) is 1. The van der Waals surface area contributed by atoms with Crippen LogP contribution >= 0.6 is 0 Å². The van der Waals surface area contributed by atoms with E-state index in [-0.39, 0.29) is 17.6 Å². The van der Waals surface area contributed by atoms with Crippen LogP contribution in [0, 0.1) is 5.82 Å². The van der Waals surface area contributed by atoms with Crippen molar-refractivity contribution >= 4 is 22.5 Å². The van der Waals surface area contributed by atoms with Gasteiger partial charge >= 0.3 is 0 Å². The summed E-state index contributed by atoms with van der Waals surface area (Å²) in [5.74, 6) is 0.550. The number of hydrogen-bond acceptors (Lipinski definition) is 3. The van der Waals surface area contributed by atoms with E-state index >= 15 is 0 Å². The van der Waals surface area contributed by atoms with E-state index in [2.05, 4.69) is 42.4 Å². The van der Waals surface area contributed by atoms with Crippen LogP contribution in [0.25, 0.3) is 10.9 Å². The maximum absolute atomic E-state index is 14.3. The number of methoxy groups -OCH3 is 1. The molecular formula is C30H32FN3O2. The van der Waals surface area contributed by atoms with Crippen LogP contribution in [0.4, 0.5) is 10.1 Å². The lowest BCUT2D eigenvalue weighted by Gasteiger charge is -2.36. The molecule has 2 heterocycles. The molecule has 1 unspecified atom stereocenters. The Morgan fingerprint density at radius 1 is 1.03 bits per heavy atom. The SMILES string of the molecule is CCc1cccc2c(C(CC(=O)N3CCN(c4ccccc4F)CC3)c3cccc(OC)c3)c[nH]c12. The summed E-state index contributed by atoms with van der Waals surface area (Å²) in [5.41, 5.74) is 5.17. The number of hydrogen-bond donors (Lipinski definition) is 1. The number of nitrogens with zero attached hydrogens (tertiary/aromatic N) is 2. The predicted octanol–water partition coefficient (Wildman–Crippen LogP) is 5.75. The zero-order valence-corrected chi connectivity index (χ0v) is 20.8. The molecule has 0 saturated carbocycles. The number of piperazine rings is 1. The summed E-state index contributed by atoms with van der Waals surface area (Å²) in [6, 6.07) is 21.2. The van der Waals surface area contributed by atoms with Gasteiger partial charge in [-0.3, -0.25) is 4.79 Å². The number of anilines is 1. The Bertz CT molecular complexity index is 1360. The molecule has 1 N–H and O–H groups in total. The summed E-state index contributed by atoms with van der Waals surface area (Å²) >= 11 is 0. The number of H-pyrrole nitrogens is 1. The lowest BCUT2D eigenvalue weighted by Crippen LogP contribution is -2.49. The molecule has 0 aliphatic carbocycles. The number of carbonyl (C=O) groups excluding carboxylic acids is 1. The number of benzene rings is 3. The number of halogens is 1. The van der Waals surface area contributed by atoms with Crippen molar-refractivity contribution in [2.45, 2.75) is 25.7 Å². The van der Waals surface area contributed by atoms with Crippen molar-refractivity contribution in [1.29, 1.82) is 0 Å². The summed E-state index contributed by atoms with van der Waals surface area (Å²) in [5, 5.41) is 1.15. The van der Waals surface area contributed by atoms with E-state index in [0.717, 1.165) is 34.2 Å². The topological polar surface area (TPSA) is 48.6 Å². The molecule has 186 valence electrons. The van der Waals surface area contributed by atoms with Crippen molar-refractivity contribution in [3.05, 3.63) is 95.4 Å². The first kappa shape index (κ1) is 23.9. The van der Waals surface area contributed by atoms with Gasteiger partial charge in [0.2, 0.25) is 5.91 Å². The minimum atomic E-state index is -0.221. The summed E-state index contributed by atoms with van der Waals surface area (Å²) in [6.07, 6.45) is 3.35. The average Bonchev–Trinajstić information content (AvgIpc) is 3.36. The van der Waals surface area contributed by atoms with E-state index < -0.39 is 0 Å². The van der Waals surface area contributed by atoms with Crippen molar-refractivity contribution in [2.24, 2.45) is 0 Å². The molecule has 0 radical (unpaired) electrons. The number of aryl methyl sites for hydroxylation is 1. The van der Waals surface area contributed by atoms with Crippen LogP contribution in [0.5, 0.6) is 5.75 Å². The van der Waals surface area contributed by atoms with E-state index in [1.54, 1.807) is 19.2 Å². The first-order valence-corrected chi connectivity index (χ1v) is 12.6. The standard InChI is InChI=1S/C30H32FN3O2/c1-3-21-8-7-11-24-26(20-32-30(21)24)25(22-9-6-10-23(18-22)36-2)19-29(35)34-16-14-33(15-17-34)28-13-5-4-12-27(28)31/h4-13,18,20,25,32H,3,14-17,19H2,1-2H3. The largest absolute Gasteiger partial charge is 0.497 e. The lowest BCUT2D eigenvalue weighted by atomic mass is 9.87. The van der Waals surface area contributed by atoms with Crippen LogP contribution in [-0.4, -0.2) is 49.1 Å². The second-order valence-electron chi connectivity index (χ2n) is 9.29. The van der Waals surface area contributed by atoms with E-state index in [1.807, 2.05) is 34.1 Å². The number of fused-ring (bicyclic) bond motifs is 1. The van der Waals surface area contributed by atoms with Gasteiger partial charge in [0.15, 0.2) is 0 Å². The molecule has 5 nitrogen and oxygen atoms in total. The molecule has 1 atom stereocenters. The second-order valence-corrected chi connectivity index (χ2v) is 9.29. The molecule has 36 heavy (non-hydrogen) atoms. The Morgan fingerprint density at radius 3 is 2.56 bits per heavy atom. The molecular weight excluding hydrogens is 453 g/mol. The molecule has 1 aliphatic rings. The molecule has 0 bridgehead atoms. The van der Waals surface area contributed by atoms with Gasteiger partial charge in [0, 0.05) is 55.6 Å². The number of aromatic nitrogens is 1. The molecule has 5 rings (SSSR count). The van der Waals surface area contributed by atoms with Gasteiger partial charge in [0.05, 0.1) is 12.8 Å². The summed E-state index contributed by atoms with van der Waals surface area (Å²) < 4.78 is 19.7. The van der Waals surface area contributed by atoms with E-state index in [0.29, 0.717) is 38.3 Å². The Kier molecular flexibility index (Phi) is 6.94. The Hall–Kier alpha value is -3.80. The third-order valence-corrected chi connectivity index (χ3v) is 7.29. The summed E-state index contributed by atoms with van der Waals surface area (Å²) in [7, 11) is 1.66. The van der Waals surface area contributed by atoms with E-state index in [9.17, 15) is 9.18 Å². The number of para-hydroxylation sites is 2. The van der Waals surface area contributed by atoms with Crippen LogP contribution in [0.1, 0.15) is 36.0 Å². The monoisotopic (exact) mass is 485 g/mol. The van der Waals surface area contributed by atoms with Gasteiger partial charge in [-0.1, -0.05) is 49.4 Å². The van der Waals surface area contributed by atoms with Gasteiger partial charge in [-0.2, -0.15) is 0 Å². The third-order valence-electron chi connectivity index (χ3n) is 7.29. The molecule has 4 aromatic rings. The molecule has 3 aromatic carbocycles. The van der Waals surface area contributed by atoms with Gasteiger partial charge in [0.25, 0.3) is 0 Å². The van der Waals surface area contributed by atoms with E-state index in [4.69, 9.17) is 4.74 Å². The van der Waals surface area contributed by atoms with E-state index in [1.165, 1.54) is 11.6 Å². The highest BCUT2D eigenvalue weighted by Gasteiger charge is 2.28. The molecule has 0 spiro atoms. The molecule has 1 aliphatic heterocycles. The van der Waals surface area contributed by atoms with Crippen LogP contribution in [0.3, 0.4) is 0 Å². The first-order valence-electron chi connectivity index (χ1n) is 12.6. The van der Waals surface area contributed by atoms with Gasteiger partial charge in [0.1, 0.15) is 11.6 Å². The van der Waals surface area contributed by atoms with Crippen LogP contribution < -0.4 is 9.64 Å². The van der Waals surface area contributed by atoms with Crippen LogP contribution in [-0.2, 0) is 11.2 Å². The molecule has 1 amide bonds. The fourth-order valence-electron chi connectivity index (χ4n) is 5.30.